The first-order chi connectivity index (χ1) is 46.8. The van der Waals surface area contributed by atoms with Gasteiger partial charge in [0.2, 0.25) is 5.91 Å². The maximum absolute atomic E-state index is 13.2. The van der Waals surface area contributed by atoms with Gasteiger partial charge in [0.05, 0.1) is 25.4 Å². The highest BCUT2D eigenvalue weighted by atomic mass is 16.7. The maximum Gasteiger partial charge on any atom is 0.220 e. The third-order valence-corrected chi connectivity index (χ3v) is 20.7. The van der Waals surface area contributed by atoms with Gasteiger partial charge < -0.3 is 40.3 Å². The van der Waals surface area contributed by atoms with Crippen molar-refractivity contribution in [1.29, 1.82) is 0 Å². The lowest BCUT2D eigenvalue weighted by Crippen LogP contribution is -2.60. The number of hydrogen-bond donors (Lipinski definition) is 6. The molecule has 9 nitrogen and oxygen atoms in total. The van der Waals surface area contributed by atoms with Gasteiger partial charge >= 0.3 is 0 Å². The number of unbranched alkanes of at least 4 members (excludes halogenated alkanes) is 63. The number of aliphatic hydroxyl groups is 5. The zero-order chi connectivity index (χ0) is 68.5. The van der Waals surface area contributed by atoms with Gasteiger partial charge in [-0.25, -0.2) is 0 Å². The number of amides is 1. The number of rotatable bonds is 77. The van der Waals surface area contributed by atoms with Crippen molar-refractivity contribution >= 4 is 5.91 Å². The molecule has 7 unspecified atom stereocenters. The molecule has 1 heterocycles. The summed E-state index contributed by atoms with van der Waals surface area (Å²) in [4.78, 5) is 13.2. The zero-order valence-electron chi connectivity index (χ0n) is 63.5. The number of carbonyl (C=O) groups is 1. The zero-order valence-corrected chi connectivity index (χ0v) is 63.5. The molecule has 6 N–H and O–H groups in total. The van der Waals surface area contributed by atoms with Crippen molar-refractivity contribution in [3.05, 3.63) is 36.5 Å². The van der Waals surface area contributed by atoms with Crippen LogP contribution < -0.4 is 5.32 Å². The van der Waals surface area contributed by atoms with Crippen molar-refractivity contribution in [2.24, 2.45) is 0 Å². The number of aliphatic hydroxyl groups excluding tert-OH is 5. The van der Waals surface area contributed by atoms with E-state index in [4.69, 9.17) is 9.47 Å². The molecule has 1 aliphatic heterocycles. The Morgan fingerprint density at radius 3 is 0.905 bits per heavy atom. The van der Waals surface area contributed by atoms with E-state index in [1.165, 1.54) is 385 Å². The first kappa shape index (κ1) is 91.4. The Morgan fingerprint density at radius 1 is 0.358 bits per heavy atom. The molecule has 1 amide bonds. The van der Waals surface area contributed by atoms with Crippen LogP contribution in [0.25, 0.3) is 0 Å². The normalized spacial score (nSPS) is 17.6. The second kappa shape index (κ2) is 75.1. The molecule has 0 aliphatic carbocycles. The van der Waals surface area contributed by atoms with E-state index in [0.717, 1.165) is 44.9 Å². The molecule has 1 saturated heterocycles. The summed E-state index contributed by atoms with van der Waals surface area (Å²) in [6, 6.07) is -0.805. The van der Waals surface area contributed by atoms with Crippen LogP contribution in [-0.2, 0) is 14.3 Å². The lowest BCUT2D eigenvalue weighted by Gasteiger charge is -2.40. The third-order valence-electron chi connectivity index (χ3n) is 20.7. The fraction of sp³-hybridized carbons (Fsp3) is 0.919. The summed E-state index contributed by atoms with van der Waals surface area (Å²) in [6.45, 7) is 3.84. The standard InChI is InChI=1S/C86H165NO8/c1-3-5-7-9-11-13-15-17-19-21-23-25-27-29-31-33-35-36-37-38-39-40-41-42-43-44-46-48-50-52-54-56-58-60-62-64-66-68-70-72-74-76-82(90)87-79(78-94-86-85(93)84(92)83(91)81(77-88)95-86)80(89)75-73-71-69-67-65-63-61-59-57-55-53-51-49-47-45-34-32-30-28-26-24-22-20-18-16-14-12-10-8-6-4-2/h15,17,21,23,73,75,79-81,83-86,88-89,91-93H,3-14,16,18-20,22,24-72,74,76-78H2,1-2H3,(H,87,90)/b17-15-,23-21-,75-73+. The number of allylic oxidation sites excluding steroid dienone is 5. The predicted molar refractivity (Wildman–Crippen MR) is 410 cm³/mol. The van der Waals surface area contributed by atoms with Gasteiger partial charge in [0, 0.05) is 6.42 Å². The lowest BCUT2D eigenvalue weighted by molar-refractivity contribution is -0.302. The third kappa shape index (κ3) is 63.1. The highest BCUT2D eigenvalue weighted by molar-refractivity contribution is 5.76. The molecule has 0 aromatic rings. The van der Waals surface area contributed by atoms with Gasteiger partial charge in [-0.2, -0.15) is 0 Å². The van der Waals surface area contributed by atoms with E-state index < -0.39 is 49.5 Å². The molecule has 0 saturated carbocycles. The monoisotopic (exact) mass is 1340 g/mol. The van der Waals surface area contributed by atoms with Crippen LogP contribution in [0.15, 0.2) is 36.5 Å². The Balaban J connectivity index is 2.02. The van der Waals surface area contributed by atoms with E-state index in [-0.39, 0.29) is 12.5 Å². The molecule has 1 rings (SSSR count). The Bertz CT molecular complexity index is 1600. The van der Waals surface area contributed by atoms with Crippen LogP contribution in [0, 0.1) is 0 Å². The van der Waals surface area contributed by atoms with Gasteiger partial charge in [-0.05, 0) is 51.4 Å². The Hall–Kier alpha value is -1.59. The van der Waals surface area contributed by atoms with Crippen LogP contribution in [0.3, 0.4) is 0 Å². The molecular formula is C86H165NO8. The molecule has 1 fully saturated rings. The molecule has 562 valence electrons. The van der Waals surface area contributed by atoms with E-state index >= 15 is 0 Å². The number of nitrogens with one attached hydrogen (secondary N) is 1. The van der Waals surface area contributed by atoms with Crippen molar-refractivity contribution in [2.45, 2.75) is 493 Å². The van der Waals surface area contributed by atoms with Crippen molar-refractivity contribution in [3.8, 4) is 0 Å². The van der Waals surface area contributed by atoms with E-state index in [0.29, 0.717) is 6.42 Å². The predicted octanol–water partition coefficient (Wildman–Crippen LogP) is 24.9. The SMILES string of the molecule is CCCCCCC/C=C\C/C=C\CCCCCCCCCCCCCCCCCCCCCCCCCCCCCCCC(=O)NC(COC1OC(CO)C(O)C(O)C1O)C(O)/C=C/CCCCCCCCCCCCCCCCCCCCCCCCCCCCCCC. The molecule has 9 heteroatoms. The van der Waals surface area contributed by atoms with Gasteiger partial charge in [-0.15, -0.1) is 0 Å². The highest BCUT2D eigenvalue weighted by Crippen LogP contribution is 2.24. The van der Waals surface area contributed by atoms with Crippen LogP contribution in [0.1, 0.15) is 450 Å². The van der Waals surface area contributed by atoms with Crippen LogP contribution in [0.2, 0.25) is 0 Å². The quantitative estimate of drug-likeness (QED) is 0.0261. The number of ether oxygens (including phenoxy) is 2. The minimum absolute atomic E-state index is 0.166. The van der Waals surface area contributed by atoms with E-state index in [1.807, 2.05) is 6.08 Å². The summed E-state index contributed by atoms with van der Waals surface area (Å²) in [5, 5.41) is 55.0. The fourth-order valence-corrected chi connectivity index (χ4v) is 14.1. The highest BCUT2D eigenvalue weighted by Gasteiger charge is 2.44. The molecular weight excluding hydrogens is 1170 g/mol. The Morgan fingerprint density at radius 2 is 0.621 bits per heavy atom. The van der Waals surface area contributed by atoms with E-state index in [1.54, 1.807) is 6.08 Å². The lowest BCUT2D eigenvalue weighted by atomic mass is 9.99. The summed E-state index contributed by atoms with van der Waals surface area (Å²) in [5.41, 5.74) is 0. The van der Waals surface area contributed by atoms with Gasteiger partial charge in [0.25, 0.3) is 0 Å². The van der Waals surface area contributed by atoms with Crippen molar-refractivity contribution in [1.82, 2.24) is 5.32 Å². The van der Waals surface area contributed by atoms with Gasteiger partial charge in [0.15, 0.2) is 6.29 Å². The summed E-state index contributed by atoms with van der Waals surface area (Å²) in [5.74, 6) is -0.166. The summed E-state index contributed by atoms with van der Waals surface area (Å²) < 4.78 is 11.4. The van der Waals surface area contributed by atoms with Crippen molar-refractivity contribution in [3.63, 3.8) is 0 Å². The number of carbonyl (C=O) groups excluding carboxylic acids is 1. The second-order valence-electron chi connectivity index (χ2n) is 30.0. The molecule has 0 radical (unpaired) electrons. The maximum atomic E-state index is 13.2. The molecule has 0 aromatic heterocycles. The first-order valence-electron chi connectivity index (χ1n) is 42.7. The summed E-state index contributed by atoms with van der Waals surface area (Å²) in [6.07, 6.45) is 96.1. The van der Waals surface area contributed by atoms with Crippen LogP contribution in [0.5, 0.6) is 0 Å². The van der Waals surface area contributed by atoms with Gasteiger partial charge in [-0.1, -0.05) is 429 Å². The molecule has 7 atom stereocenters. The molecule has 0 bridgehead atoms. The topological polar surface area (TPSA) is 149 Å². The van der Waals surface area contributed by atoms with Gasteiger partial charge in [-0.3, -0.25) is 4.79 Å². The minimum atomic E-state index is -1.57. The molecule has 0 aromatic carbocycles. The molecule has 1 aliphatic rings. The Labute approximate surface area is 591 Å². The summed E-state index contributed by atoms with van der Waals surface area (Å²) in [7, 11) is 0. The first-order valence-corrected chi connectivity index (χ1v) is 42.7. The van der Waals surface area contributed by atoms with Gasteiger partial charge in [0.1, 0.15) is 24.4 Å². The van der Waals surface area contributed by atoms with Crippen LogP contribution in [0.4, 0.5) is 0 Å². The van der Waals surface area contributed by atoms with Crippen molar-refractivity contribution < 1.29 is 39.8 Å². The average molecular weight is 1340 g/mol. The van der Waals surface area contributed by atoms with Crippen molar-refractivity contribution in [2.75, 3.05) is 13.2 Å². The van der Waals surface area contributed by atoms with Crippen LogP contribution in [-0.4, -0.2) is 87.5 Å². The fourth-order valence-electron chi connectivity index (χ4n) is 14.1. The van der Waals surface area contributed by atoms with E-state index in [2.05, 4.69) is 43.5 Å². The average Bonchev–Trinajstić information content (AvgIpc) is 0.836. The van der Waals surface area contributed by atoms with E-state index in [9.17, 15) is 30.3 Å². The second-order valence-corrected chi connectivity index (χ2v) is 30.0. The molecule has 95 heavy (non-hydrogen) atoms. The van der Waals surface area contributed by atoms with Crippen LogP contribution >= 0.6 is 0 Å². The summed E-state index contributed by atoms with van der Waals surface area (Å²) >= 11 is 0. The Kier molecular flexibility index (Phi) is 72.3. The number of hydrogen-bond acceptors (Lipinski definition) is 8. The minimum Gasteiger partial charge on any atom is -0.394 e. The largest absolute Gasteiger partial charge is 0.394 e. The molecule has 0 spiro atoms. The smallest absolute Gasteiger partial charge is 0.220 e.